The normalized spacial score (nSPS) is 14.2. The Labute approximate surface area is 467 Å². The monoisotopic (exact) mass is 1030 g/mol. The van der Waals surface area contributed by atoms with Crippen molar-refractivity contribution in [3.05, 3.63) is 301 Å². The van der Waals surface area contributed by atoms with E-state index in [1.54, 1.807) is 0 Å². The lowest BCUT2D eigenvalue weighted by atomic mass is 9.80. The zero-order chi connectivity index (χ0) is 52.9. The fraction of sp³-hybridized carbons (Fsp3) is 0.0649. The second-order valence-electron chi connectivity index (χ2n) is 21.3. The summed E-state index contributed by atoms with van der Waals surface area (Å²) in [5, 5.41) is 4.98. The van der Waals surface area contributed by atoms with Gasteiger partial charge in [-0.15, -0.1) is 0 Å². The third kappa shape index (κ3) is 8.29. The number of anilines is 3. The highest BCUT2D eigenvalue weighted by molar-refractivity contribution is 6.20. The molecule has 0 amide bonds. The minimum atomic E-state index is 0.138. The molecular weight excluding hydrogens is 971 g/mol. The van der Waals surface area contributed by atoms with Crippen molar-refractivity contribution in [1.82, 2.24) is 0 Å². The maximum Gasteiger partial charge on any atom is 0.135 e. The van der Waals surface area contributed by atoms with E-state index in [1.165, 1.54) is 71.6 Å². The number of rotatable bonds is 5. The van der Waals surface area contributed by atoms with Gasteiger partial charge in [0.1, 0.15) is 23.0 Å². The van der Waals surface area contributed by atoms with Gasteiger partial charge in [-0.1, -0.05) is 231 Å². The largest absolute Gasteiger partial charge is 0.456 e. The molecule has 0 fully saturated rings. The van der Waals surface area contributed by atoms with Crippen LogP contribution in [0.15, 0.2) is 279 Å². The predicted octanol–water partition coefficient (Wildman–Crippen LogP) is 21.3. The molecule has 0 spiro atoms. The maximum atomic E-state index is 6.94. The Morgan fingerprint density at radius 3 is 1.50 bits per heavy atom. The zero-order valence-electron chi connectivity index (χ0n) is 44.2. The minimum absolute atomic E-state index is 0.138. The average Bonchev–Trinajstić information content (AvgIpc) is 3.58. The summed E-state index contributed by atoms with van der Waals surface area (Å²) in [5.74, 6) is 3.49. The van der Waals surface area contributed by atoms with E-state index in [1.807, 2.05) is 0 Å². The van der Waals surface area contributed by atoms with Crippen LogP contribution in [0.4, 0.5) is 17.1 Å². The van der Waals surface area contributed by atoms with E-state index in [4.69, 9.17) is 9.47 Å². The molecule has 3 aliphatic rings. The molecule has 1 unspecified atom stereocenters. The first-order chi connectivity index (χ1) is 39.7. The number of allylic oxidation sites excluding steroid dienone is 4. The Morgan fingerprint density at radius 1 is 0.388 bits per heavy atom. The molecule has 3 heteroatoms. The molecular formula is C77H55NO2. The van der Waals surface area contributed by atoms with Crippen LogP contribution in [0.3, 0.4) is 0 Å². The van der Waals surface area contributed by atoms with Crippen molar-refractivity contribution >= 4 is 44.2 Å². The van der Waals surface area contributed by atoms with Crippen molar-refractivity contribution in [2.75, 3.05) is 4.90 Å². The molecule has 0 N–H and O–H groups in total. The standard InChI is InChI=1S/C77H55NO2/c1-3-23-52(24-4-1)76-67-46-44-56(78-70-37-17-11-31-60(70)64-35-15-21-41-74(64)80-75-42-22-16-36-65(75)61-32-12-18-38-71(61)78)50-69(67)77(53-25-5-2-6-26-53)66-45-43-51(48-68(66)76)47-55-49-54-27-7-8-28-57(54)62-33-13-19-39-72(62)79-73-40-20-14-34-63(73)59-30-10-9-29-58(55)59/h1-5,7-25,27-46,48,50,55H,6,26,47,49H2. The van der Waals surface area contributed by atoms with Gasteiger partial charge < -0.3 is 14.4 Å². The number of nitrogens with zero attached hydrogens (tertiary/aromatic N) is 1. The molecule has 1 atom stereocenters. The topological polar surface area (TPSA) is 21.7 Å². The fourth-order valence-electron chi connectivity index (χ4n) is 13.1. The quantitative estimate of drug-likeness (QED) is 0.160. The van der Waals surface area contributed by atoms with E-state index in [2.05, 4.69) is 284 Å². The molecule has 0 saturated heterocycles. The first-order valence-electron chi connectivity index (χ1n) is 28.0. The van der Waals surface area contributed by atoms with Crippen LogP contribution in [0.25, 0.3) is 82.8 Å². The maximum absolute atomic E-state index is 6.94. The van der Waals surface area contributed by atoms with Crippen molar-refractivity contribution in [2.45, 2.75) is 31.6 Å². The Morgan fingerprint density at radius 2 is 0.875 bits per heavy atom. The summed E-state index contributed by atoms with van der Waals surface area (Å²) in [6.45, 7) is 0. The van der Waals surface area contributed by atoms with Crippen LogP contribution in [0.2, 0.25) is 0 Å². The van der Waals surface area contributed by atoms with Gasteiger partial charge in [-0.3, -0.25) is 0 Å². The van der Waals surface area contributed by atoms with Crippen LogP contribution >= 0.6 is 0 Å². The van der Waals surface area contributed by atoms with E-state index in [9.17, 15) is 0 Å². The predicted molar refractivity (Wildman–Crippen MR) is 333 cm³/mol. The van der Waals surface area contributed by atoms with Crippen LogP contribution in [-0.2, 0) is 12.8 Å². The number of hydrogen-bond donors (Lipinski definition) is 0. The van der Waals surface area contributed by atoms with Crippen molar-refractivity contribution in [3.63, 3.8) is 0 Å². The van der Waals surface area contributed by atoms with E-state index < -0.39 is 0 Å². The lowest BCUT2D eigenvalue weighted by molar-refractivity contribution is 0.486. The minimum Gasteiger partial charge on any atom is -0.456 e. The first-order valence-corrected chi connectivity index (χ1v) is 28.0. The highest BCUT2D eigenvalue weighted by Gasteiger charge is 2.28. The Kier molecular flexibility index (Phi) is 11.9. The molecule has 12 aromatic carbocycles. The van der Waals surface area contributed by atoms with E-state index in [-0.39, 0.29) is 5.92 Å². The zero-order valence-corrected chi connectivity index (χ0v) is 44.2. The first kappa shape index (κ1) is 47.3. The Bertz CT molecular complexity index is 4360. The van der Waals surface area contributed by atoms with Crippen LogP contribution in [-0.4, -0.2) is 0 Å². The highest BCUT2D eigenvalue weighted by atomic mass is 16.5. The lowest BCUT2D eigenvalue weighted by Crippen LogP contribution is -2.13. The summed E-state index contributed by atoms with van der Waals surface area (Å²) in [6.07, 6.45) is 10.5. The summed E-state index contributed by atoms with van der Waals surface area (Å²) < 4.78 is 13.8. The summed E-state index contributed by atoms with van der Waals surface area (Å²) >= 11 is 0. The Balaban J connectivity index is 0.960. The number of hydrogen-bond acceptors (Lipinski definition) is 3. The van der Waals surface area contributed by atoms with Crippen molar-refractivity contribution < 1.29 is 9.47 Å². The van der Waals surface area contributed by atoms with Crippen LogP contribution in [0, 0.1) is 0 Å². The molecule has 12 aromatic rings. The molecule has 380 valence electrons. The van der Waals surface area contributed by atoms with Crippen molar-refractivity contribution in [1.29, 1.82) is 0 Å². The van der Waals surface area contributed by atoms with Gasteiger partial charge in [0.15, 0.2) is 0 Å². The van der Waals surface area contributed by atoms with Crippen LogP contribution in [0.1, 0.15) is 41.0 Å². The van der Waals surface area contributed by atoms with Gasteiger partial charge in [-0.25, -0.2) is 0 Å². The molecule has 15 rings (SSSR count). The highest BCUT2D eigenvalue weighted by Crippen LogP contribution is 2.53. The molecule has 0 bridgehead atoms. The number of ether oxygens (including phenoxy) is 2. The molecule has 1 aliphatic carbocycles. The second-order valence-corrected chi connectivity index (χ2v) is 21.3. The smallest absolute Gasteiger partial charge is 0.135 e. The Hall–Kier alpha value is -9.96. The van der Waals surface area contributed by atoms with E-state index in [0.29, 0.717) is 0 Å². The average molecular weight is 1030 g/mol. The molecule has 2 heterocycles. The van der Waals surface area contributed by atoms with Gasteiger partial charge in [0.25, 0.3) is 0 Å². The molecule has 0 saturated carbocycles. The van der Waals surface area contributed by atoms with Gasteiger partial charge in [0.2, 0.25) is 0 Å². The van der Waals surface area contributed by atoms with Gasteiger partial charge in [0, 0.05) is 39.1 Å². The van der Waals surface area contributed by atoms with Crippen LogP contribution < -0.4 is 14.4 Å². The van der Waals surface area contributed by atoms with Crippen molar-refractivity contribution in [3.8, 4) is 78.6 Å². The lowest BCUT2D eigenvalue weighted by Gasteiger charge is -2.32. The van der Waals surface area contributed by atoms with Gasteiger partial charge >= 0.3 is 0 Å². The summed E-state index contributed by atoms with van der Waals surface area (Å²) in [7, 11) is 0. The molecule has 2 aliphatic heterocycles. The van der Waals surface area contributed by atoms with Gasteiger partial charge in [-0.05, 0) is 152 Å². The summed E-state index contributed by atoms with van der Waals surface area (Å²) in [6, 6.07) is 95.2. The van der Waals surface area contributed by atoms with Gasteiger partial charge in [0.05, 0.1) is 11.4 Å². The van der Waals surface area contributed by atoms with E-state index in [0.717, 1.165) is 99.1 Å². The summed E-state index contributed by atoms with van der Waals surface area (Å²) in [5.41, 5.74) is 21.1. The SMILES string of the molecule is C1=CCCC(c2c3cc(N4c5ccccc5-c5ccccc5Oc5ccccc5-c5ccccc54)ccc3c(-c3ccccc3)c3cc(CC4Cc5ccccc5-c5ccccc5Oc5ccccc5-c5ccccc54)ccc23)=C1. The molecule has 0 radical (unpaired) electrons. The third-order valence-electron chi connectivity index (χ3n) is 16.6. The van der Waals surface area contributed by atoms with Crippen LogP contribution in [0.5, 0.6) is 23.0 Å². The third-order valence-corrected chi connectivity index (χ3v) is 16.6. The molecule has 0 aromatic heterocycles. The van der Waals surface area contributed by atoms with Gasteiger partial charge in [-0.2, -0.15) is 0 Å². The fourth-order valence-corrected chi connectivity index (χ4v) is 13.1. The summed E-state index contributed by atoms with van der Waals surface area (Å²) in [4.78, 5) is 2.48. The molecule has 3 nitrogen and oxygen atoms in total. The van der Waals surface area contributed by atoms with Crippen molar-refractivity contribution in [2.24, 2.45) is 0 Å². The number of benzene rings is 12. The van der Waals surface area contributed by atoms with E-state index >= 15 is 0 Å². The number of para-hydroxylation sites is 6. The second kappa shape index (κ2) is 20.1. The molecule has 80 heavy (non-hydrogen) atoms. The number of fused-ring (bicyclic) bond motifs is 14.